The molecule has 3 unspecified atom stereocenters. The molecule has 1 aromatic rings. The SMILES string of the molecule is CCCCCNC(=O)C1N([C@@H](CO)[C@@H](C)CC)C(=O)[C@@H]2[C@H](C(=O)NCc3ccccc3)[C@H]3SC12CC3Br. The van der Waals surface area contributed by atoms with Crippen LogP contribution < -0.4 is 10.6 Å². The smallest absolute Gasteiger partial charge is 0.244 e. The Labute approximate surface area is 233 Å². The van der Waals surface area contributed by atoms with Crippen LogP contribution in [0.5, 0.6) is 0 Å². The van der Waals surface area contributed by atoms with Crippen molar-refractivity contribution in [2.24, 2.45) is 17.8 Å². The molecule has 0 saturated carbocycles. The van der Waals surface area contributed by atoms with Gasteiger partial charge in [0.05, 0.1) is 29.2 Å². The zero-order valence-corrected chi connectivity index (χ0v) is 24.4. The van der Waals surface area contributed by atoms with Crippen LogP contribution in [0.1, 0.15) is 58.4 Å². The number of carbonyl (C=O) groups excluding carboxylic acids is 3. The highest BCUT2D eigenvalue weighted by atomic mass is 79.9. The van der Waals surface area contributed by atoms with Crippen molar-refractivity contribution >= 4 is 45.4 Å². The van der Waals surface area contributed by atoms with E-state index >= 15 is 0 Å². The van der Waals surface area contributed by atoms with Crippen molar-refractivity contribution in [3.05, 3.63) is 35.9 Å². The number of hydrogen-bond acceptors (Lipinski definition) is 5. The first-order valence-electron chi connectivity index (χ1n) is 13.6. The Bertz CT molecular complexity index is 981. The molecule has 3 heterocycles. The van der Waals surface area contributed by atoms with Crippen LogP contribution in [0.15, 0.2) is 30.3 Å². The molecule has 3 fully saturated rings. The van der Waals surface area contributed by atoms with Crippen molar-refractivity contribution in [2.75, 3.05) is 13.2 Å². The molecule has 7 nitrogen and oxygen atoms in total. The number of hydrogen-bond donors (Lipinski definition) is 3. The van der Waals surface area contributed by atoms with Gasteiger partial charge in [-0.1, -0.05) is 86.3 Å². The van der Waals surface area contributed by atoms with Crippen molar-refractivity contribution in [3.8, 4) is 0 Å². The highest BCUT2D eigenvalue weighted by Crippen LogP contribution is 2.68. The van der Waals surface area contributed by atoms with E-state index in [0.29, 0.717) is 19.5 Å². The first kappa shape index (κ1) is 28.4. The maximum absolute atomic E-state index is 14.2. The molecule has 3 aliphatic heterocycles. The summed E-state index contributed by atoms with van der Waals surface area (Å²) in [6.07, 6.45) is 4.38. The fourth-order valence-corrected chi connectivity index (χ4v) is 10.0. The lowest BCUT2D eigenvalue weighted by molar-refractivity contribution is -0.143. The summed E-state index contributed by atoms with van der Waals surface area (Å²) in [6, 6.07) is 8.55. The first-order chi connectivity index (χ1) is 17.8. The summed E-state index contributed by atoms with van der Waals surface area (Å²) in [4.78, 5) is 43.3. The van der Waals surface area contributed by atoms with Crippen LogP contribution in [-0.2, 0) is 20.9 Å². The van der Waals surface area contributed by atoms with Crippen LogP contribution >= 0.6 is 27.7 Å². The van der Waals surface area contributed by atoms with Crippen molar-refractivity contribution in [1.82, 2.24) is 15.5 Å². The van der Waals surface area contributed by atoms with Gasteiger partial charge in [0.15, 0.2) is 0 Å². The lowest BCUT2D eigenvalue weighted by atomic mass is 9.70. The Morgan fingerprint density at radius 1 is 1.19 bits per heavy atom. The topological polar surface area (TPSA) is 98.7 Å². The van der Waals surface area contributed by atoms with Gasteiger partial charge < -0.3 is 20.6 Å². The standard InChI is InChI=1S/C28H40BrN3O4S/c1-4-6-10-13-30-26(35)24-28-14-19(29)23(37-28)21(25(34)31-15-18-11-8-7-9-12-18)22(28)27(36)32(24)20(16-33)17(3)5-2/h7-9,11-12,17,19-24,33H,4-6,10,13-16H2,1-3H3,(H,30,35)(H,31,34)/t17-,19?,20-,21-,22-,23-,24?,28?/m0/s1. The van der Waals surface area contributed by atoms with Gasteiger partial charge in [-0.05, 0) is 24.3 Å². The van der Waals surface area contributed by atoms with E-state index < -0.39 is 28.7 Å². The number of aliphatic hydroxyl groups excluding tert-OH is 1. The largest absolute Gasteiger partial charge is 0.394 e. The minimum absolute atomic E-state index is 0.0203. The minimum Gasteiger partial charge on any atom is -0.394 e. The van der Waals surface area contributed by atoms with Crippen LogP contribution in [0, 0.1) is 17.8 Å². The summed E-state index contributed by atoms with van der Waals surface area (Å²) in [7, 11) is 0. The fraction of sp³-hybridized carbons (Fsp3) is 0.679. The third-order valence-electron chi connectivity index (χ3n) is 8.51. The summed E-state index contributed by atoms with van der Waals surface area (Å²) < 4.78 is -0.694. The van der Waals surface area contributed by atoms with E-state index in [4.69, 9.17) is 0 Å². The van der Waals surface area contributed by atoms with E-state index in [1.165, 1.54) is 0 Å². The lowest BCUT2D eigenvalue weighted by Gasteiger charge is -2.39. The molecule has 3 saturated heterocycles. The number of carbonyl (C=O) groups is 3. The van der Waals surface area contributed by atoms with Crippen LogP contribution in [-0.4, -0.2) is 67.8 Å². The average Bonchev–Trinajstić information content (AvgIpc) is 3.49. The maximum atomic E-state index is 14.2. The number of fused-ring (bicyclic) bond motifs is 1. The fourth-order valence-electron chi connectivity index (χ4n) is 6.42. The molecule has 37 heavy (non-hydrogen) atoms. The van der Waals surface area contributed by atoms with Gasteiger partial charge in [0.2, 0.25) is 17.7 Å². The monoisotopic (exact) mass is 593 g/mol. The zero-order chi connectivity index (χ0) is 26.7. The molecule has 3 N–H and O–H groups in total. The van der Waals surface area contributed by atoms with Crippen molar-refractivity contribution in [2.45, 2.75) is 86.3 Å². The third kappa shape index (κ3) is 5.20. The van der Waals surface area contributed by atoms with Crippen LogP contribution in [0.2, 0.25) is 0 Å². The number of likely N-dealkylation sites (tertiary alicyclic amines) is 1. The van der Waals surface area contributed by atoms with E-state index in [9.17, 15) is 19.5 Å². The number of aliphatic hydroxyl groups is 1. The molecule has 0 radical (unpaired) electrons. The molecule has 1 spiro atoms. The average molecular weight is 595 g/mol. The van der Waals surface area contributed by atoms with Gasteiger partial charge in [-0.2, -0.15) is 0 Å². The predicted molar refractivity (Wildman–Crippen MR) is 150 cm³/mol. The second kappa shape index (κ2) is 12.1. The Morgan fingerprint density at radius 2 is 1.92 bits per heavy atom. The summed E-state index contributed by atoms with van der Waals surface area (Å²) >= 11 is 5.44. The Morgan fingerprint density at radius 3 is 2.57 bits per heavy atom. The summed E-state index contributed by atoms with van der Waals surface area (Å²) in [5.74, 6) is -1.56. The van der Waals surface area contributed by atoms with E-state index in [1.54, 1.807) is 16.7 Å². The summed E-state index contributed by atoms with van der Waals surface area (Å²) in [5, 5.41) is 16.5. The summed E-state index contributed by atoms with van der Waals surface area (Å²) in [5.41, 5.74) is 0.998. The van der Waals surface area contributed by atoms with Crippen LogP contribution in [0.25, 0.3) is 0 Å². The number of nitrogens with one attached hydrogen (secondary N) is 2. The number of alkyl halides is 1. The predicted octanol–water partition coefficient (Wildman–Crippen LogP) is 3.48. The molecule has 9 heteroatoms. The highest BCUT2D eigenvalue weighted by molar-refractivity contribution is 9.09. The number of benzene rings is 1. The maximum Gasteiger partial charge on any atom is 0.244 e. The number of halogens is 1. The second-order valence-electron chi connectivity index (χ2n) is 10.7. The number of nitrogens with zero attached hydrogens (tertiary/aromatic N) is 1. The number of rotatable bonds is 12. The molecular weight excluding hydrogens is 554 g/mol. The minimum atomic E-state index is -0.709. The molecule has 1 aromatic carbocycles. The van der Waals surface area contributed by atoms with E-state index in [-0.39, 0.29) is 40.3 Å². The molecule has 2 bridgehead atoms. The third-order valence-corrected chi connectivity index (χ3v) is 11.7. The Kier molecular flexibility index (Phi) is 9.28. The number of thioether (sulfide) groups is 1. The van der Waals surface area contributed by atoms with Gasteiger partial charge in [0.1, 0.15) is 6.04 Å². The van der Waals surface area contributed by atoms with E-state index in [1.807, 2.05) is 44.2 Å². The molecule has 0 aromatic heterocycles. The van der Waals surface area contributed by atoms with Gasteiger partial charge in [-0.3, -0.25) is 14.4 Å². The van der Waals surface area contributed by atoms with Gasteiger partial charge in [-0.25, -0.2) is 0 Å². The molecule has 4 rings (SSSR count). The van der Waals surface area contributed by atoms with Gasteiger partial charge >= 0.3 is 0 Å². The quantitative estimate of drug-likeness (QED) is 0.254. The Balaban J connectivity index is 1.65. The molecular formula is C28H40BrN3O4S. The zero-order valence-electron chi connectivity index (χ0n) is 22.0. The van der Waals surface area contributed by atoms with Gasteiger partial charge in [0, 0.05) is 23.2 Å². The second-order valence-corrected chi connectivity index (χ2v) is 13.5. The van der Waals surface area contributed by atoms with Crippen LogP contribution in [0.3, 0.4) is 0 Å². The molecule has 3 amide bonds. The van der Waals surface area contributed by atoms with Crippen molar-refractivity contribution in [3.63, 3.8) is 0 Å². The number of amides is 3. The Hall–Kier alpha value is -1.58. The molecule has 8 atom stereocenters. The number of unbranched alkanes of at least 4 members (excludes halogenated alkanes) is 2. The van der Waals surface area contributed by atoms with E-state index in [0.717, 1.165) is 31.2 Å². The van der Waals surface area contributed by atoms with Gasteiger partial charge in [-0.15, -0.1) is 11.8 Å². The molecule has 3 aliphatic rings. The molecule has 0 aliphatic carbocycles. The molecule has 204 valence electrons. The van der Waals surface area contributed by atoms with Crippen molar-refractivity contribution < 1.29 is 19.5 Å². The first-order valence-corrected chi connectivity index (χ1v) is 15.4. The highest BCUT2D eigenvalue weighted by Gasteiger charge is 2.76. The lowest BCUT2D eigenvalue weighted by Crippen LogP contribution is -2.58. The summed E-state index contributed by atoms with van der Waals surface area (Å²) in [6.45, 7) is 6.91. The van der Waals surface area contributed by atoms with Gasteiger partial charge in [0.25, 0.3) is 0 Å². The van der Waals surface area contributed by atoms with Crippen LogP contribution in [0.4, 0.5) is 0 Å². The van der Waals surface area contributed by atoms with Crippen molar-refractivity contribution in [1.29, 1.82) is 0 Å². The van der Waals surface area contributed by atoms with E-state index in [2.05, 4.69) is 33.5 Å². The normalized spacial score (nSPS) is 31.8.